The Labute approximate surface area is 149 Å². The van der Waals surface area contributed by atoms with E-state index < -0.39 is 0 Å². The van der Waals surface area contributed by atoms with Gasteiger partial charge in [-0.15, -0.1) is 6.58 Å². The molecule has 0 spiro atoms. The Morgan fingerprint density at radius 2 is 2.08 bits per heavy atom. The average molecular weight is 354 g/mol. The van der Waals surface area contributed by atoms with Crippen molar-refractivity contribution in [2.24, 2.45) is 0 Å². The second kappa shape index (κ2) is 7.36. The fourth-order valence-electron chi connectivity index (χ4n) is 2.58. The quantitative estimate of drug-likeness (QED) is 0.671. The molecule has 0 radical (unpaired) electrons. The van der Waals surface area contributed by atoms with E-state index in [1.807, 2.05) is 24.3 Å². The number of para-hydroxylation sites is 1. The molecular weight excluding hydrogens is 336 g/mol. The number of carbonyl (C=O) groups is 1. The molecule has 6 heteroatoms. The molecule has 2 aromatic carbocycles. The maximum absolute atomic E-state index is 12.6. The van der Waals surface area contributed by atoms with Crippen LogP contribution in [-0.4, -0.2) is 25.1 Å². The van der Waals surface area contributed by atoms with E-state index in [2.05, 4.69) is 16.9 Å². The number of hydrogen-bond donors (Lipinski definition) is 1. The molecule has 0 atom stereocenters. The zero-order chi connectivity index (χ0) is 17.8. The summed E-state index contributed by atoms with van der Waals surface area (Å²) in [4.78, 5) is 17.1. The molecule has 0 saturated carbocycles. The number of carbonyl (C=O) groups excluding carboxylic acids is 1. The van der Waals surface area contributed by atoms with Gasteiger partial charge in [-0.1, -0.05) is 29.5 Å². The Morgan fingerprint density at radius 1 is 1.28 bits per heavy atom. The van der Waals surface area contributed by atoms with Crippen LogP contribution in [0.5, 0.6) is 11.5 Å². The van der Waals surface area contributed by atoms with Gasteiger partial charge in [-0.05, 0) is 30.7 Å². The highest BCUT2D eigenvalue weighted by Gasteiger charge is 2.17. The van der Waals surface area contributed by atoms with Crippen LogP contribution < -0.4 is 14.8 Å². The Bertz CT molecular complexity index is 901. The summed E-state index contributed by atoms with van der Waals surface area (Å²) in [6.07, 6.45) is 2.33. The molecule has 1 aromatic heterocycles. The van der Waals surface area contributed by atoms with Crippen molar-refractivity contribution in [2.45, 2.75) is 6.42 Å². The number of aromatic nitrogens is 1. The number of anilines is 1. The van der Waals surface area contributed by atoms with Crippen LogP contribution in [0.1, 0.15) is 15.9 Å². The molecule has 3 rings (SSSR count). The molecule has 1 N–H and O–H groups in total. The second-order valence-electron chi connectivity index (χ2n) is 5.30. The minimum atomic E-state index is -0.245. The molecule has 0 fully saturated rings. The third-order valence-corrected chi connectivity index (χ3v) is 4.65. The lowest BCUT2D eigenvalue weighted by molar-refractivity contribution is 0.102. The number of methoxy groups -OCH3 is 2. The van der Waals surface area contributed by atoms with Crippen LogP contribution in [-0.2, 0) is 6.42 Å². The Kier molecular flexibility index (Phi) is 5.00. The minimum absolute atomic E-state index is 0.245. The van der Waals surface area contributed by atoms with Gasteiger partial charge in [0.1, 0.15) is 0 Å². The predicted octanol–water partition coefficient (Wildman–Crippen LogP) is 4.29. The van der Waals surface area contributed by atoms with Gasteiger partial charge < -0.3 is 9.47 Å². The molecule has 3 aromatic rings. The number of ether oxygens (including phenoxy) is 2. The van der Waals surface area contributed by atoms with Gasteiger partial charge in [-0.2, -0.15) is 0 Å². The lowest BCUT2D eigenvalue weighted by atomic mass is 10.1. The van der Waals surface area contributed by atoms with Crippen LogP contribution in [0.4, 0.5) is 5.13 Å². The van der Waals surface area contributed by atoms with Crippen LogP contribution in [0.15, 0.2) is 49.1 Å². The van der Waals surface area contributed by atoms with Crippen molar-refractivity contribution in [2.75, 3.05) is 19.5 Å². The van der Waals surface area contributed by atoms with Gasteiger partial charge in [0.05, 0.1) is 24.4 Å². The van der Waals surface area contributed by atoms with E-state index in [9.17, 15) is 4.79 Å². The molecule has 128 valence electrons. The Morgan fingerprint density at radius 3 is 2.76 bits per heavy atom. The highest BCUT2D eigenvalue weighted by atomic mass is 32.1. The van der Waals surface area contributed by atoms with Crippen molar-refractivity contribution < 1.29 is 14.3 Å². The van der Waals surface area contributed by atoms with E-state index in [0.717, 1.165) is 15.8 Å². The summed E-state index contributed by atoms with van der Waals surface area (Å²) in [5.41, 5.74) is 2.18. The number of rotatable bonds is 6. The van der Waals surface area contributed by atoms with Crippen LogP contribution >= 0.6 is 11.3 Å². The average Bonchev–Trinajstić information content (AvgIpc) is 3.03. The first-order valence-corrected chi connectivity index (χ1v) is 8.50. The molecular formula is C19H18N2O3S. The standard InChI is InChI=1S/C19H18N2O3S/c1-4-7-12-10-13(11-15(23-2)17(12)24-3)18(22)21-19-20-14-8-5-6-9-16(14)25-19/h4-6,8-11H,1,7H2,2-3H3,(H,20,21,22). The third kappa shape index (κ3) is 3.49. The number of benzene rings is 2. The number of thiazole rings is 1. The van der Waals surface area contributed by atoms with Gasteiger partial charge in [0.2, 0.25) is 0 Å². The summed E-state index contributed by atoms with van der Waals surface area (Å²) in [7, 11) is 3.12. The molecule has 1 heterocycles. The minimum Gasteiger partial charge on any atom is -0.493 e. The fourth-order valence-corrected chi connectivity index (χ4v) is 3.44. The van der Waals surface area contributed by atoms with Gasteiger partial charge in [0, 0.05) is 11.1 Å². The predicted molar refractivity (Wildman–Crippen MR) is 101 cm³/mol. The normalized spacial score (nSPS) is 10.5. The highest BCUT2D eigenvalue weighted by Crippen LogP contribution is 2.34. The SMILES string of the molecule is C=CCc1cc(C(=O)Nc2nc3ccccc3s2)cc(OC)c1OC. The van der Waals surface area contributed by atoms with Gasteiger partial charge in [0.25, 0.3) is 5.91 Å². The number of nitrogens with zero attached hydrogens (tertiary/aromatic N) is 1. The first kappa shape index (κ1) is 17.0. The summed E-state index contributed by atoms with van der Waals surface area (Å²) in [5, 5.41) is 3.41. The van der Waals surface area contributed by atoms with E-state index in [0.29, 0.717) is 28.6 Å². The molecule has 25 heavy (non-hydrogen) atoms. The van der Waals surface area contributed by atoms with Crippen LogP contribution in [0.3, 0.4) is 0 Å². The number of amides is 1. The summed E-state index contributed by atoms with van der Waals surface area (Å²) in [5.74, 6) is 0.876. The van der Waals surface area contributed by atoms with Crippen molar-refractivity contribution >= 4 is 32.6 Å². The molecule has 0 saturated heterocycles. The monoisotopic (exact) mass is 354 g/mol. The molecule has 0 aliphatic rings. The van der Waals surface area contributed by atoms with E-state index >= 15 is 0 Å². The summed E-state index contributed by atoms with van der Waals surface area (Å²) in [6, 6.07) is 11.2. The third-order valence-electron chi connectivity index (χ3n) is 3.70. The van der Waals surface area contributed by atoms with Crippen LogP contribution in [0.25, 0.3) is 10.2 Å². The topological polar surface area (TPSA) is 60.5 Å². The number of fused-ring (bicyclic) bond motifs is 1. The van der Waals surface area contributed by atoms with Crippen LogP contribution in [0.2, 0.25) is 0 Å². The van der Waals surface area contributed by atoms with Gasteiger partial charge in [-0.3, -0.25) is 10.1 Å². The van der Waals surface area contributed by atoms with E-state index in [4.69, 9.17) is 9.47 Å². The summed E-state index contributed by atoms with van der Waals surface area (Å²) in [6.45, 7) is 3.75. The molecule has 1 amide bonds. The van der Waals surface area contributed by atoms with Gasteiger partial charge in [0.15, 0.2) is 16.6 Å². The molecule has 0 aliphatic carbocycles. The first-order chi connectivity index (χ1) is 12.2. The maximum atomic E-state index is 12.6. The number of nitrogens with one attached hydrogen (secondary N) is 1. The van der Waals surface area contributed by atoms with Crippen molar-refractivity contribution in [3.8, 4) is 11.5 Å². The summed E-state index contributed by atoms with van der Waals surface area (Å²) >= 11 is 1.44. The van der Waals surface area contributed by atoms with E-state index in [1.54, 1.807) is 32.4 Å². The summed E-state index contributed by atoms with van der Waals surface area (Å²) < 4.78 is 11.8. The Hall–Kier alpha value is -2.86. The molecule has 5 nitrogen and oxygen atoms in total. The van der Waals surface area contributed by atoms with Crippen LogP contribution in [0, 0.1) is 0 Å². The van der Waals surface area contributed by atoms with Crippen molar-refractivity contribution in [3.05, 3.63) is 60.2 Å². The lowest BCUT2D eigenvalue weighted by Gasteiger charge is -2.14. The zero-order valence-electron chi connectivity index (χ0n) is 14.0. The second-order valence-corrected chi connectivity index (χ2v) is 6.34. The van der Waals surface area contributed by atoms with Crippen molar-refractivity contribution in [1.82, 2.24) is 4.98 Å². The number of allylic oxidation sites excluding steroid dienone is 1. The van der Waals surface area contributed by atoms with Crippen molar-refractivity contribution in [3.63, 3.8) is 0 Å². The van der Waals surface area contributed by atoms with Gasteiger partial charge in [-0.25, -0.2) is 4.98 Å². The molecule has 0 unspecified atom stereocenters. The lowest BCUT2D eigenvalue weighted by Crippen LogP contribution is -2.12. The maximum Gasteiger partial charge on any atom is 0.257 e. The smallest absolute Gasteiger partial charge is 0.257 e. The molecule has 0 bridgehead atoms. The fraction of sp³-hybridized carbons (Fsp3) is 0.158. The molecule has 0 aliphatic heterocycles. The zero-order valence-corrected chi connectivity index (χ0v) is 14.9. The van der Waals surface area contributed by atoms with Crippen molar-refractivity contribution in [1.29, 1.82) is 0 Å². The van der Waals surface area contributed by atoms with E-state index in [-0.39, 0.29) is 5.91 Å². The highest BCUT2D eigenvalue weighted by molar-refractivity contribution is 7.22. The Balaban J connectivity index is 1.92. The van der Waals surface area contributed by atoms with E-state index in [1.165, 1.54) is 11.3 Å². The van der Waals surface area contributed by atoms with Gasteiger partial charge >= 0.3 is 0 Å². The first-order valence-electron chi connectivity index (χ1n) is 7.69. The number of hydrogen-bond acceptors (Lipinski definition) is 5. The largest absolute Gasteiger partial charge is 0.493 e.